The lowest BCUT2D eigenvalue weighted by Crippen LogP contribution is -2.15. The second-order valence-electron chi connectivity index (χ2n) is 4.57. The van der Waals surface area contributed by atoms with Crippen molar-refractivity contribution >= 4 is 15.8 Å². The molecule has 0 radical (unpaired) electrons. The Balaban J connectivity index is 2.24. The molecule has 0 spiro atoms. The van der Waals surface area contributed by atoms with Crippen molar-refractivity contribution in [2.24, 2.45) is 7.05 Å². The Morgan fingerprint density at radius 1 is 1.25 bits per heavy atom. The van der Waals surface area contributed by atoms with Crippen LogP contribution in [0.2, 0.25) is 0 Å². The van der Waals surface area contributed by atoms with Crippen LogP contribution in [-0.2, 0) is 23.6 Å². The summed E-state index contributed by atoms with van der Waals surface area (Å²) in [4.78, 5) is 0.233. The van der Waals surface area contributed by atoms with Gasteiger partial charge in [0.1, 0.15) is 5.82 Å². The Hall–Kier alpha value is -1.86. The average Bonchev–Trinajstić information content (AvgIpc) is 2.68. The molecule has 6 nitrogen and oxygen atoms in total. The van der Waals surface area contributed by atoms with Crippen LogP contribution < -0.4 is 10.0 Å². The number of nitrogens with zero attached hydrogens (tertiary/aromatic N) is 2. The molecule has 2 rings (SSSR count). The molecular weight excluding hydrogens is 276 g/mol. The van der Waals surface area contributed by atoms with E-state index < -0.39 is 10.0 Å². The van der Waals surface area contributed by atoms with Gasteiger partial charge in [-0.1, -0.05) is 12.1 Å². The number of aryl methyl sites for hydroxylation is 2. The highest BCUT2D eigenvalue weighted by atomic mass is 32.2. The highest BCUT2D eigenvalue weighted by molar-refractivity contribution is 7.92. The molecule has 0 unspecified atom stereocenters. The van der Waals surface area contributed by atoms with Crippen LogP contribution in [0.1, 0.15) is 11.3 Å². The molecule has 0 aliphatic carbocycles. The zero-order valence-corrected chi connectivity index (χ0v) is 12.5. The lowest BCUT2D eigenvalue weighted by molar-refractivity contribution is 0.600. The van der Waals surface area contributed by atoms with Gasteiger partial charge in [-0.25, -0.2) is 8.42 Å². The first-order valence-electron chi connectivity index (χ1n) is 6.19. The minimum atomic E-state index is -3.59. The van der Waals surface area contributed by atoms with Gasteiger partial charge < -0.3 is 5.32 Å². The van der Waals surface area contributed by atoms with E-state index in [2.05, 4.69) is 15.1 Å². The van der Waals surface area contributed by atoms with E-state index >= 15 is 0 Å². The van der Waals surface area contributed by atoms with Crippen molar-refractivity contribution in [2.75, 3.05) is 11.8 Å². The van der Waals surface area contributed by atoms with Crippen molar-refractivity contribution < 1.29 is 8.42 Å². The minimum Gasteiger partial charge on any atom is -0.316 e. The summed E-state index contributed by atoms with van der Waals surface area (Å²) >= 11 is 0. The molecule has 2 N–H and O–H groups in total. The van der Waals surface area contributed by atoms with Crippen molar-refractivity contribution in [1.29, 1.82) is 0 Å². The predicted molar refractivity (Wildman–Crippen MR) is 78.0 cm³/mol. The Morgan fingerprint density at radius 3 is 2.40 bits per heavy atom. The molecule has 20 heavy (non-hydrogen) atoms. The molecule has 7 heteroatoms. The molecule has 0 amide bonds. The van der Waals surface area contributed by atoms with Crippen LogP contribution in [0, 0.1) is 6.92 Å². The molecular formula is C13H18N4O2S. The zero-order valence-electron chi connectivity index (χ0n) is 11.7. The van der Waals surface area contributed by atoms with E-state index in [9.17, 15) is 8.42 Å². The molecule has 0 fully saturated rings. The monoisotopic (exact) mass is 294 g/mol. The molecule has 0 saturated carbocycles. The molecule has 1 aromatic heterocycles. The summed E-state index contributed by atoms with van der Waals surface area (Å²) in [5, 5.41) is 7.12. The number of nitrogens with one attached hydrogen (secondary N) is 2. The van der Waals surface area contributed by atoms with Gasteiger partial charge in [0, 0.05) is 19.7 Å². The fourth-order valence-corrected chi connectivity index (χ4v) is 2.97. The first-order chi connectivity index (χ1) is 9.42. The first kappa shape index (κ1) is 14.5. The number of sulfonamides is 1. The van der Waals surface area contributed by atoms with E-state index in [1.54, 1.807) is 37.4 Å². The molecule has 1 heterocycles. The fourth-order valence-electron chi connectivity index (χ4n) is 1.89. The second-order valence-corrected chi connectivity index (χ2v) is 6.26. The number of aromatic nitrogens is 2. The van der Waals surface area contributed by atoms with Crippen molar-refractivity contribution in [3.63, 3.8) is 0 Å². The molecule has 108 valence electrons. The van der Waals surface area contributed by atoms with E-state index in [-0.39, 0.29) is 4.90 Å². The van der Waals surface area contributed by atoms with Crippen LogP contribution in [0.4, 0.5) is 5.82 Å². The lowest BCUT2D eigenvalue weighted by atomic mass is 10.2. The summed E-state index contributed by atoms with van der Waals surface area (Å²) in [5.74, 6) is 0.446. The summed E-state index contributed by atoms with van der Waals surface area (Å²) in [6, 6.07) is 8.46. The minimum absolute atomic E-state index is 0.233. The van der Waals surface area contributed by atoms with Crippen LogP contribution >= 0.6 is 0 Å². The number of anilines is 1. The Morgan fingerprint density at radius 2 is 1.90 bits per heavy atom. The number of benzene rings is 1. The highest BCUT2D eigenvalue weighted by Gasteiger charge is 2.16. The van der Waals surface area contributed by atoms with Crippen molar-refractivity contribution in [1.82, 2.24) is 15.1 Å². The van der Waals surface area contributed by atoms with Gasteiger partial charge in [-0.2, -0.15) is 5.10 Å². The normalized spacial score (nSPS) is 11.6. The van der Waals surface area contributed by atoms with Gasteiger partial charge in [0.2, 0.25) is 0 Å². The smallest absolute Gasteiger partial charge is 0.263 e. The lowest BCUT2D eigenvalue weighted by Gasteiger charge is -2.08. The van der Waals surface area contributed by atoms with Gasteiger partial charge in [0.25, 0.3) is 10.0 Å². The standard InChI is InChI=1S/C13H18N4O2S/c1-10-8-13(17(3)15-10)16-20(18,19)12-6-4-11(5-7-12)9-14-2/h4-8,14,16H,9H2,1-3H3. The average molecular weight is 294 g/mol. The number of hydrogen-bond acceptors (Lipinski definition) is 4. The highest BCUT2D eigenvalue weighted by Crippen LogP contribution is 2.17. The topological polar surface area (TPSA) is 76.0 Å². The van der Waals surface area contributed by atoms with Gasteiger partial charge in [-0.05, 0) is 31.7 Å². The number of rotatable bonds is 5. The van der Waals surface area contributed by atoms with Crippen LogP contribution in [0.5, 0.6) is 0 Å². The SMILES string of the molecule is CNCc1ccc(S(=O)(=O)Nc2cc(C)nn2C)cc1. The fraction of sp³-hybridized carbons (Fsp3) is 0.308. The summed E-state index contributed by atoms with van der Waals surface area (Å²) in [6.07, 6.45) is 0. The Kier molecular flexibility index (Phi) is 4.10. The van der Waals surface area contributed by atoms with Gasteiger partial charge in [-0.15, -0.1) is 0 Å². The third-order valence-electron chi connectivity index (χ3n) is 2.86. The third-order valence-corrected chi connectivity index (χ3v) is 4.23. The zero-order chi connectivity index (χ0) is 14.8. The van der Waals surface area contributed by atoms with Crippen LogP contribution in [0.25, 0.3) is 0 Å². The maximum Gasteiger partial charge on any atom is 0.263 e. The summed E-state index contributed by atoms with van der Waals surface area (Å²) < 4.78 is 28.6. The molecule has 0 atom stereocenters. The van der Waals surface area contributed by atoms with Crippen LogP contribution in [0.15, 0.2) is 35.2 Å². The van der Waals surface area contributed by atoms with E-state index in [0.717, 1.165) is 11.3 Å². The van der Waals surface area contributed by atoms with Gasteiger partial charge in [-0.3, -0.25) is 9.40 Å². The first-order valence-corrected chi connectivity index (χ1v) is 7.67. The van der Waals surface area contributed by atoms with Crippen molar-refractivity contribution in [3.05, 3.63) is 41.6 Å². The largest absolute Gasteiger partial charge is 0.316 e. The van der Waals surface area contributed by atoms with Gasteiger partial charge >= 0.3 is 0 Å². The second kappa shape index (κ2) is 5.64. The van der Waals surface area contributed by atoms with E-state index in [1.165, 1.54) is 4.68 Å². The Labute approximate surface area is 118 Å². The quantitative estimate of drug-likeness (QED) is 0.870. The van der Waals surface area contributed by atoms with Crippen molar-refractivity contribution in [3.8, 4) is 0 Å². The maximum absolute atomic E-state index is 12.3. The molecule has 0 bridgehead atoms. The van der Waals surface area contributed by atoms with Gasteiger partial charge in [0.15, 0.2) is 0 Å². The molecule has 0 aliphatic heterocycles. The molecule has 1 aromatic carbocycles. The summed E-state index contributed by atoms with van der Waals surface area (Å²) in [5.41, 5.74) is 1.79. The van der Waals surface area contributed by atoms with E-state index in [1.807, 2.05) is 14.0 Å². The van der Waals surface area contributed by atoms with Crippen LogP contribution in [0.3, 0.4) is 0 Å². The number of hydrogen-bond donors (Lipinski definition) is 2. The van der Waals surface area contributed by atoms with Crippen molar-refractivity contribution in [2.45, 2.75) is 18.4 Å². The molecule has 0 saturated heterocycles. The van der Waals surface area contributed by atoms with Crippen LogP contribution in [-0.4, -0.2) is 25.2 Å². The van der Waals surface area contributed by atoms with Gasteiger partial charge in [0.05, 0.1) is 10.6 Å². The molecule has 2 aromatic rings. The maximum atomic E-state index is 12.3. The van der Waals surface area contributed by atoms with E-state index in [4.69, 9.17) is 0 Å². The summed E-state index contributed by atoms with van der Waals surface area (Å²) in [6.45, 7) is 2.51. The third kappa shape index (κ3) is 3.17. The summed E-state index contributed by atoms with van der Waals surface area (Å²) in [7, 11) is -0.0459. The predicted octanol–water partition coefficient (Wildman–Crippen LogP) is 1.25. The molecule has 0 aliphatic rings. The Bertz CT molecular complexity index is 690. The van der Waals surface area contributed by atoms with E-state index in [0.29, 0.717) is 12.4 Å².